The Hall–Kier alpha value is -2.61. The summed E-state index contributed by atoms with van der Waals surface area (Å²) in [5.74, 6) is -0.380. The van der Waals surface area contributed by atoms with Gasteiger partial charge in [-0.05, 0) is 75.9 Å². The van der Waals surface area contributed by atoms with Crippen LogP contribution in [0.1, 0.15) is 29.5 Å². The molecule has 9 nitrogen and oxygen atoms in total. The molecule has 0 aromatic heterocycles. The molecule has 0 spiro atoms. The summed E-state index contributed by atoms with van der Waals surface area (Å²) in [4.78, 5) is 0.147. The van der Waals surface area contributed by atoms with E-state index in [1.165, 1.54) is 28.6 Å². The van der Waals surface area contributed by atoms with Crippen LogP contribution in [-0.4, -0.2) is 55.4 Å². The zero-order chi connectivity index (χ0) is 29.6. The number of benzene rings is 3. The zero-order valence-electron chi connectivity index (χ0n) is 23.1. The molecule has 1 aliphatic heterocycles. The second-order valence-electron chi connectivity index (χ2n) is 11.1. The van der Waals surface area contributed by atoms with E-state index in [9.17, 15) is 25.3 Å². The summed E-state index contributed by atoms with van der Waals surface area (Å²) in [6, 6.07) is 18.6. The molecule has 0 radical (unpaired) electrons. The number of rotatable bonds is 10. The first-order valence-electron chi connectivity index (χ1n) is 13.2. The van der Waals surface area contributed by atoms with Gasteiger partial charge in [0.15, 0.2) is 0 Å². The van der Waals surface area contributed by atoms with Crippen molar-refractivity contribution < 1.29 is 33.6 Å². The van der Waals surface area contributed by atoms with Crippen molar-refractivity contribution in [3.8, 4) is 0 Å². The van der Waals surface area contributed by atoms with Crippen molar-refractivity contribution in [1.29, 1.82) is 0 Å². The van der Waals surface area contributed by atoms with E-state index in [1.807, 2.05) is 20.8 Å². The predicted octanol–water partition coefficient (Wildman–Crippen LogP) is 4.19. The van der Waals surface area contributed by atoms with E-state index in [2.05, 4.69) is 0 Å². The molecule has 2 aliphatic rings. The van der Waals surface area contributed by atoms with Crippen LogP contribution in [0.25, 0.3) is 0 Å². The SMILES string of the molecule is Cc1ccc(S(=O)(=O)OCC2(COS(=O)(=O)c3ccc(C)cc3)C[C@@H]3C[C@H]2CN3S(=O)(=O)c2ccc(C)cc2)cc1. The monoisotopic (exact) mass is 619 g/mol. The Bertz CT molecular complexity index is 1650. The first-order chi connectivity index (χ1) is 19.2. The maximum Gasteiger partial charge on any atom is 0.296 e. The van der Waals surface area contributed by atoms with Crippen molar-refractivity contribution in [3.63, 3.8) is 0 Å². The van der Waals surface area contributed by atoms with Crippen molar-refractivity contribution in [2.24, 2.45) is 11.3 Å². The molecule has 1 heterocycles. The summed E-state index contributed by atoms with van der Waals surface area (Å²) < 4.78 is 91.7. The van der Waals surface area contributed by atoms with Crippen LogP contribution in [0.5, 0.6) is 0 Å². The molecule has 1 aliphatic carbocycles. The molecule has 1 saturated carbocycles. The third-order valence-electron chi connectivity index (χ3n) is 8.12. The van der Waals surface area contributed by atoms with Gasteiger partial charge >= 0.3 is 0 Å². The topological polar surface area (TPSA) is 124 Å². The van der Waals surface area contributed by atoms with Gasteiger partial charge in [-0.3, -0.25) is 8.37 Å². The lowest BCUT2D eigenvalue weighted by Crippen LogP contribution is -2.48. The molecule has 3 aromatic rings. The first kappa shape index (κ1) is 29.9. The maximum absolute atomic E-state index is 13.5. The molecule has 0 N–H and O–H groups in total. The minimum atomic E-state index is -4.16. The number of hydrogen-bond acceptors (Lipinski definition) is 8. The van der Waals surface area contributed by atoms with Gasteiger partial charge in [0.05, 0.1) is 27.9 Å². The number of piperidine rings is 1. The van der Waals surface area contributed by atoms with Crippen LogP contribution < -0.4 is 0 Å². The Kier molecular flexibility index (Phi) is 7.94. The standard InChI is InChI=1S/C29H33NO8S3/c1-21-4-10-26(11-5-21)39(31,32)30-18-24-16-25(30)17-29(24,19-37-40(33,34)27-12-6-22(2)7-13-27)20-38-41(35,36)28-14-8-23(3)9-15-28/h4-15,24-25H,16-20H2,1-3H3/t24-,25-/m0/s1. The summed E-state index contributed by atoms with van der Waals surface area (Å²) in [7, 11) is -12.1. The van der Waals surface area contributed by atoms with Crippen LogP contribution >= 0.6 is 0 Å². The fourth-order valence-electron chi connectivity index (χ4n) is 5.62. The van der Waals surface area contributed by atoms with Gasteiger partial charge in [-0.2, -0.15) is 21.1 Å². The lowest BCUT2D eigenvalue weighted by atomic mass is 9.78. The smallest absolute Gasteiger partial charge is 0.266 e. The van der Waals surface area contributed by atoms with E-state index >= 15 is 0 Å². The molecule has 2 bridgehead atoms. The largest absolute Gasteiger partial charge is 0.296 e. The Morgan fingerprint density at radius 3 is 1.41 bits per heavy atom. The summed E-state index contributed by atoms with van der Waals surface area (Å²) >= 11 is 0. The highest BCUT2D eigenvalue weighted by Crippen LogP contribution is 2.53. The van der Waals surface area contributed by atoms with E-state index in [0.29, 0.717) is 6.42 Å². The van der Waals surface area contributed by atoms with Crippen molar-refractivity contribution in [1.82, 2.24) is 4.31 Å². The second-order valence-corrected chi connectivity index (χ2v) is 16.2. The van der Waals surface area contributed by atoms with Crippen LogP contribution in [0.2, 0.25) is 0 Å². The molecule has 3 aromatic carbocycles. The average molecular weight is 620 g/mol. The van der Waals surface area contributed by atoms with E-state index in [1.54, 1.807) is 48.5 Å². The fraction of sp³-hybridized carbons (Fsp3) is 0.379. The molecule has 1 saturated heterocycles. The first-order valence-corrected chi connectivity index (χ1v) is 17.5. The molecule has 0 amide bonds. The van der Waals surface area contributed by atoms with Crippen LogP contribution in [0.15, 0.2) is 87.5 Å². The van der Waals surface area contributed by atoms with Gasteiger partial charge in [-0.1, -0.05) is 53.1 Å². The van der Waals surface area contributed by atoms with Gasteiger partial charge in [0.1, 0.15) is 0 Å². The highest BCUT2D eigenvalue weighted by molar-refractivity contribution is 7.89. The molecule has 5 rings (SSSR count). The fourth-order valence-corrected chi connectivity index (χ4v) is 9.29. The molecular weight excluding hydrogens is 587 g/mol. The highest BCUT2D eigenvalue weighted by atomic mass is 32.2. The van der Waals surface area contributed by atoms with Crippen LogP contribution in [0, 0.1) is 32.1 Å². The summed E-state index contributed by atoms with van der Waals surface area (Å²) in [6.45, 7) is 4.96. The Morgan fingerprint density at radius 1 is 0.659 bits per heavy atom. The van der Waals surface area contributed by atoms with E-state index < -0.39 is 41.7 Å². The lowest BCUT2D eigenvalue weighted by Gasteiger charge is -2.40. The Balaban J connectivity index is 1.41. The van der Waals surface area contributed by atoms with E-state index in [4.69, 9.17) is 8.37 Å². The molecule has 12 heteroatoms. The van der Waals surface area contributed by atoms with Gasteiger partial charge in [-0.25, -0.2) is 8.42 Å². The molecule has 41 heavy (non-hydrogen) atoms. The molecule has 220 valence electrons. The minimum Gasteiger partial charge on any atom is -0.266 e. The zero-order valence-corrected chi connectivity index (χ0v) is 25.5. The van der Waals surface area contributed by atoms with Crippen molar-refractivity contribution in [2.45, 2.75) is 54.3 Å². The van der Waals surface area contributed by atoms with Crippen molar-refractivity contribution >= 4 is 30.3 Å². The van der Waals surface area contributed by atoms with Crippen LogP contribution in [0.4, 0.5) is 0 Å². The third-order valence-corrected chi connectivity index (χ3v) is 12.6. The van der Waals surface area contributed by atoms with Gasteiger partial charge < -0.3 is 0 Å². The summed E-state index contributed by atoms with van der Waals surface area (Å²) in [5, 5.41) is 0. The van der Waals surface area contributed by atoms with Gasteiger partial charge in [-0.15, -0.1) is 0 Å². The number of aryl methyl sites for hydroxylation is 3. The van der Waals surface area contributed by atoms with Crippen molar-refractivity contribution in [3.05, 3.63) is 89.5 Å². The number of nitrogens with zero attached hydrogens (tertiary/aromatic N) is 1. The van der Waals surface area contributed by atoms with E-state index in [0.717, 1.165) is 16.7 Å². The average Bonchev–Trinajstić information content (AvgIpc) is 3.51. The molecule has 2 fully saturated rings. The van der Waals surface area contributed by atoms with Crippen LogP contribution in [-0.2, 0) is 38.6 Å². The second kappa shape index (κ2) is 10.9. The van der Waals surface area contributed by atoms with Gasteiger partial charge in [0.25, 0.3) is 20.2 Å². The maximum atomic E-state index is 13.5. The molecule has 2 atom stereocenters. The lowest BCUT2D eigenvalue weighted by molar-refractivity contribution is 0.0255. The highest BCUT2D eigenvalue weighted by Gasteiger charge is 2.58. The van der Waals surface area contributed by atoms with E-state index in [-0.39, 0.29) is 46.8 Å². The minimum absolute atomic E-state index is 0.0156. The number of fused-ring (bicyclic) bond motifs is 2. The normalized spacial score (nSPS) is 20.9. The number of sulfonamides is 1. The van der Waals surface area contributed by atoms with Crippen molar-refractivity contribution in [2.75, 3.05) is 19.8 Å². The summed E-state index contributed by atoms with van der Waals surface area (Å²) in [6.07, 6.45) is 0.628. The quantitative estimate of drug-likeness (QED) is 0.310. The van der Waals surface area contributed by atoms with Crippen LogP contribution in [0.3, 0.4) is 0 Å². The third kappa shape index (κ3) is 5.99. The molecular formula is C29H33NO8S3. The van der Waals surface area contributed by atoms with Gasteiger partial charge in [0.2, 0.25) is 10.0 Å². The predicted molar refractivity (Wildman–Crippen MR) is 153 cm³/mol. The Labute approximate surface area is 242 Å². The van der Waals surface area contributed by atoms with Gasteiger partial charge in [0, 0.05) is 18.0 Å². The summed E-state index contributed by atoms with van der Waals surface area (Å²) in [5.41, 5.74) is 1.67. The molecule has 0 unspecified atom stereocenters. The number of hydrogen-bond donors (Lipinski definition) is 0. The Morgan fingerprint density at radius 2 is 1.05 bits per heavy atom.